The number of carbonyl (C=O) groups is 1. The average Bonchev–Trinajstić information content (AvgIpc) is 3.23. The predicted molar refractivity (Wildman–Crippen MR) is 97.9 cm³/mol. The molecule has 0 saturated carbocycles. The van der Waals surface area contributed by atoms with Gasteiger partial charge in [0.15, 0.2) is 0 Å². The molecule has 3 aromatic rings. The Labute approximate surface area is 156 Å². The van der Waals surface area contributed by atoms with Crippen LogP contribution in [0.1, 0.15) is 16.4 Å². The van der Waals surface area contributed by atoms with Gasteiger partial charge in [-0.2, -0.15) is 4.98 Å². The maximum Gasteiger partial charge on any atom is 0.292 e. The highest BCUT2D eigenvalue weighted by Crippen LogP contribution is 2.24. The van der Waals surface area contributed by atoms with Crippen LogP contribution in [-0.2, 0) is 0 Å². The van der Waals surface area contributed by atoms with Gasteiger partial charge in [0.2, 0.25) is 11.6 Å². The summed E-state index contributed by atoms with van der Waals surface area (Å²) in [6.45, 7) is 4.34. The lowest BCUT2D eigenvalue weighted by molar-refractivity contribution is 0.0704. The summed E-state index contributed by atoms with van der Waals surface area (Å²) >= 11 is 0. The van der Waals surface area contributed by atoms with E-state index in [1.54, 1.807) is 11.0 Å². The number of piperazine rings is 1. The first-order chi connectivity index (χ1) is 13.2. The minimum atomic E-state index is -0.140. The van der Waals surface area contributed by atoms with Crippen LogP contribution in [0.2, 0.25) is 0 Å². The summed E-state index contributed by atoms with van der Waals surface area (Å²) in [5.74, 6) is 2.78. The molecule has 0 aliphatic carbocycles. The van der Waals surface area contributed by atoms with Crippen molar-refractivity contribution in [2.45, 2.75) is 6.92 Å². The third kappa shape index (κ3) is 3.89. The van der Waals surface area contributed by atoms with E-state index in [0.717, 1.165) is 11.6 Å². The molecule has 1 saturated heterocycles. The fourth-order valence-corrected chi connectivity index (χ4v) is 2.97. The summed E-state index contributed by atoms with van der Waals surface area (Å²) in [5, 5.41) is 3.59. The number of nitrogens with zero attached hydrogens (tertiary/aromatic N) is 5. The number of para-hydroxylation sites is 1. The van der Waals surface area contributed by atoms with Crippen LogP contribution < -0.4 is 9.64 Å². The molecule has 4 rings (SSSR count). The van der Waals surface area contributed by atoms with Crippen molar-refractivity contribution >= 4 is 11.7 Å². The highest BCUT2D eigenvalue weighted by Gasteiger charge is 2.25. The summed E-state index contributed by atoms with van der Waals surface area (Å²) in [6, 6.07) is 12.9. The van der Waals surface area contributed by atoms with Crippen molar-refractivity contribution in [2.24, 2.45) is 0 Å². The second-order valence-corrected chi connectivity index (χ2v) is 6.18. The molecule has 0 spiro atoms. The van der Waals surface area contributed by atoms with Crippen LogP contribution in [0, 0.1) is 6.92 Å². The van der Waals surface area contributed by atoms with Crippen LogP contribution >= 0.6 is 0 Å². The van der Waals surface area contributed by atoms with Crippen molar-refractivity contribution in [3.05, 3.63) is 60.2 Å². The van der Waals surface area contributed by atoms with Gasteiger partial charge in [-0.1, -0.05) is 23.4 Å². The molecule has 1 fully saturated rings. The zero-order valence-corrected chi connectivity index (χ0v) is 14.9. The fourth-order valence-electron chi connectivity index (χ4n) is 2.97. The van der Waals surface area contributed by atoms with Crippen LogP contribution in [-0.4, -0.2) is 52.1 Å². The van der Waals surface area contributed by atoms with E-state index in [9.17, 15) is 4.79 Å². The second-order valence-electron chi connectivity index (χ2n) is 6.18. The molecule has 27 heavy (non-hydrogen) atoms. The van der Waals surface area contributed by atoms with Gasteiger partial charge in [0.1, 0.15) is 17.4 Å². The van der Waals surface area contributed by atoms with Gasteiger partial charge in [-0.25, -0.2) is 4.98 Å². The van der Waals surface area contributed by atoms with E-state index in [1.165, 1.54) is 6.20 Å². The topological polar surface area (TPSA) is 84.6 Å². The Morgan fingerprint density at radius 3 is 2.56 bits per heavy atom. The number of benzene rings is 1. The highest BCUT2D eigenvalue weighted by atomic mass is 16.5. The van der Waals surface area contributed by atoms with Gasteiger partial charge in [0.05, 0.1) is 6.20 Å². The molecule has 0 bridgehead atoms. The van der Waals surface area contributed by atoms with Crippen molar-refractivity contribution < 1.29 is 14.1 Å². The number of amides is 1. The zero-order chi connectivity index (χ0) is 18.6. The van der Waals surface area contributed by atoms with Gasteiger partial charge in [0.25, 0.3) is 5.91 Å². The van der Waals surface area contributed by atoms with Crippen molar-refractivity contribution in [3.8, 4) is 11.6 Å². The zero-order valence-electron chi connectivity index (χ0n) is 14.9. The summed E-state index contributed by atoms with van der Waals surface area (Å²) in [7, 11) is 0. The summed E-state index contributed by atoms with van der Waals surface area (Å²) in [4.78, 5) is 25.1. The first-order valence-corrected chi connectivity index (χ1v) is 8.72. The van der Waals surface area contributed by atoms with Crippen molar-refractivity contribution in [2.75, 3.05) is 31.1 Å². The lowest BCUT2D eigenvalue weighted by atomic mass is 10.3. The number of aryl methyl sites for hydroxylation is 1. The third-order valence-corrected chi connectivity index (χ3v) is 4.31. The number of hydrogen-bond acceptors (Lipinski definition) is 7. The van der Waals surface area contributed by atoms with Crippen LogP contribution in [0.3, 0.4) is 0 Å². The molecule has 8 heteroatoms. The Morgan fingerprint density at radius 1 is 1.07 bits per heavy atom. The number of hydrogen-bond donors (Lipinski definition) is 0. The van der Waals surface area contributed by atoms with E-state index in [2.05, 4.69) is 20.0 Å². The summed E-state index contributed by atoms with van der Waals surface area (Å²) in [6.07, 6.45) is 1.47. The molecular formula is C19H19N5O3. The quantitative estimate of drug-likeness (QED) is 0.702. The standard InChI is InChI=1S/C19H19N5O3/c1-14-21-17(13-18(22-14)26-15-5-3-2-4-6-15)23-9-11-24(12-10-23)19(25)16-7-8-20-27-16/h2-8,13H,9-12H2,1H3. The number of anilines is 1. The van der Waals surface area contributed by atoms with Gasteiger partial charge < -0.3 is 19.1 Å². The molecular weight excluding hydrogens is 346 g/mol. The maximum atomic E-state index is 12.3. The molecule has 0 unspecified atom stereocenters. The SMILES string of the molecule is Cc1nc(Oc2ccccc2)cc(N2CCN(C(=O)c3ccno3)CC2)n1. The number of rotatable bonds is 4. The van der Waals surface area contributed by atoms with Crippen molar-refractivity contribution in [3.63, 3.8) is 0 Å². The summed E-state index contributed by atoms with van der Waals surface area (Å²) < 4.78 is 10.8. The largest absolute Gasteiger partial charge is 0.439 e. The fraction of sp³-hybridized carbons (Fsp3) is 0.263. The number of carbonyl (C=O) groups excluding carboxylic acids is 1. The van der Waals surface area contributed by atoms with E-state index >= 15 is 0 Å². The minimum absolute atomic E-state index is 0.140. The minimum Gasteiger partial charge on any atom is -0.439 e. The van der Waals surface area contributed by atoms with E-state index < -0.39 is 0 Å². The van der Waals surface area contributed by atoms with Crippen LogP contribution in [0.4, 0.5) is 5.82 Å². The monoisotopic (exact) mass is 365 g/mol. The lowest BCUT2D eigenvalue weighted by Crippen LogP contribution is -2.49. The van der Waals surface area contributed by atoms with Gasteiger partial charge in [-0.15, -0.1) is 0 Å². The highest BCUT2D eigenvalue weighted by molar-refractivity contribution is 5.91. The van der Waals surface area contributed by atoms with Crippen LogP contribution in [0.25, 0.3) is 0 Å². The van der Waals surface area contributed by atoms with Crippen LogP contribution in [0.5, 0.6) is 11.6 Å². The Hall–Kier alpha value is -3.42. The number of ether oxygens (including phenoxy) is 1. The van der Waals surface area contributed by atoms with Gasteiger partial charge >= 0.3 is 0 Å². The van der Waals surface area contributed by atoms with Gasteiger partial charge in [-0.3, -0.25) is 4.79 Å². The van der Waals surface area contributed by atoms with Gasteiger partial charge in [-0.05, 0) is 19.1 Å². The maximum absolute atomic E-state index is 12.3. The molecule has 1 amide bonds. The molecule has 1 aliphatic heterocycles. The molecule has 2 aromatic heterocycles. The molecule has 3 heterocycles. The first-order valence-electron chi connectivity index (χ1n) is 8.72. The lowest BCUT2D eigenvalue weighted by Gasteiger charge is -2.35. The molecule has 8 nitrogen and oxygen atoms in total. The first kappa shape index (κ1) is 17.0. The van der Waals surface area contributed by atoms with Crippen molar-refractivity contribution in [1.29, 1.82) is 0 Å². The van der Waals surface area contributed by atoms with Crippen LogP contribution in [0.15, 0.2) is 53.2 Å². The van der Waals surface area contributed by atoms with E-state index in [-0.39, 0.29) is 11.7 Å². The molecule has 1 aromatic carbocycles. The average molecular weight is 365 g/mol. The Balaban J connectivity index is 1.44. The normalized spacial score (nSPS) is 14.3. The number of aromatic nitrogens is 3. The van der Waals surface area contributed by atoms with E-state index in [4.69, 9.17) is 9.26 Å². The Bertz CT molecular complexity index is 906. The Morgan fingerprint density at radius 2 is 1.85 bits per heavy atom. The molecule has 1 aliphatic rings. The predicted octanol–water partition coefficient (Wildman–Crippen LogP) is 2.53. The molecule has 0 atom stereocenters. The van der Waals surface area contributed by atoms with E-state index in [0.29, 0.717) is 37.9 Å². The third-order valence-electron chi connectivity index (χ3n) is 4.31. The Kier molecular flexibility index (Phi) is 4.69. The van der Waals surface area contributed by atoms with E-state index in [1.807, 2.05) is 43.3 Å². The smallest absolute Gasteiger partial charge is 0.292 e. The van der Waals surface area contributed by atoms with Crippen molar-refractivity contribution in [1.82, 2.24) is 20.0 Å². The summed E-state index contributed by atoms with van der Waals surface area (Å²) in [5.41, 5.74) is 0. The second kappa shape index (κ2) is 7.45. The van der Waals surface area contributed by atoms with Gasteiger partial charge in [0, 0.05) is 38.3 Å². The molecule has 0 N–H and O–H groups in total. The molecule has 138 valence electrons. The molecule has 0 radical (unpaired) electrons.